The number of nitrogens with one attached hydrogen (secondary N) is 1. The molecule has 3 heteroatoms. The van der Waals surface area contributed by atoms with Crippen LogP contribution in [0, 0.1) is 12.3 Å². The van der Waals surface area contributed by atoms with E-state index >= 15 is 0 Å². The van der Waals surface area contributed by atoms with Crippen LogP contribution in [0.4, 0.5) is 0 Å². The molecule has 3 rings (SSSR count). The fourth-order valence-corrected chi connectivity index (χ4v) is 3.53. The molecule has 0 spiro atoms. The Balaban J connectivity index is 2.08. The molecule has 0 bridgehead atoms. The van der Waals surface area contributed by atoms with Gasteiger partial charge in [-0.05, 0) is 24.3 Å². The number of rotatable bonds is 1. The van der Waals surface area contributed by atoms with Crippen molar-refractivity contribution in [1.29, 1.82) is 0 Å². The van der Waals surface area contributed by atoms with Crippen LogP contribution in [0.5, 0.6) is 0 Å². The van der Waals surface area contributed by atoms with Gasteiger partial charge in [-0.15, -0.1) is 0 Å². The van der Waals surface area contributed by atoms with Crippen molar-refractivity contribution in [1.82, 2.24) is 5.32 Å². The van der Waals surface area contributed by atoms with Crippen molar-refractivity contribution in [2.45, 2.75) is 46.0 Å². The molecule has 0 fully saturated rings. The summed E-state index contributed by atoms with van der Waals surface area (Å²) in [5.74, 6) is 0.121. The zero-order chi connectivity index (χ0) is 15.2. The quantitative estimate of drug-likeness (QED) is 0.860. The molecule has 110 valence electrons. The first kappa shape index (κ1) is 14.1. The number of benzene rings is 1. The van der Waals surface area contributed by atoms with Crippen molar-refractivity contribution in [3.63, 3.8) is 0 Å². The monoisotopic (exact) mass is 283 g/mol. The molecule has 1 aliphatic heterocycles. The number of Topliss-reactive ketones (excluding diaryl/α,β-unsaturated/α-hetero) is 1. The first-order valence-corrected chi connectivity index (χ1v) is 7.48. The Morgan fingerprint density at radius 2 is 1.95 bits per heavy atom. The van der Waals surface area contributed by atoms with Gasteiger partial charge in [0.05, 0.1) is 0 Å². The Morgan fingerprint density at radius 3 is 2.67 bits per heavy atom. The third kappa shape index (κ3) is 2.65. The van der Waals surface area contributed by atoms with Crippen LogP contribution in [-0.4, -0.2) is 11.7 Å². The van der Waals surface area contributed by atoms with E-state index in [4.69, 9.17) is 0 Å². The van der Waals surface area contributed by atoms with Crippen LogP contribution >= 0.6 is 0 Å². The molecule has 1 heterocycles. The molecular weight excluding hydrogens is 262 g/mol. The highest BCUT2D eigenvalue weighted by Crippen LogP contribution is 2.43. The van der Waals surface area contributed by atoms with Gasteiger partial charge in [-0.25, -0.2) is 0 Å². The summed E-state index contributed by atoms with van der Waals surface area (Å²) in [7, 11) is 0. The average molecular weight is 283 g/mol. The molecular formula is C18H21NO2. The van der Waals surface area contributed by atoms with Crippen LogP contribution in [0.15, 0.2) is 35.5 Å². The third-order valence-corrected chi connectivity index (χ3v) is 4.39. The Labute approximate surface area is 125 Å². The van der Waals surface area contributed by atoms with E-state index < -0.39 is 0 Å². The fourth-order valence-electron chi connectivity index (χ4n) is 3.53. The molecule has 1 unspecified atom stereocenters. The van der Waals surface area contributed by atoms with E-state index in [1.807, 2.05) is 25.1 Å². The predicted molar refractivity (Wildman–Crippen MR) is 81.7 cm³/mol. The topological polar surface area (TPSA) is 46.2 Å². The van der Waals surface area contributed by atoms with Crippen molar-refractivity contribution >= 4 is 11.7 Å². The summed E-state index contributed by atoms with van der Waals surface area (Å²) < 4.78 is 0. The van der Waals surface area contributed by atoms with Gasteiger partial charge >= 0.3 is 0 Å². The van der Waals surface area contributed by atoms with Gasteiger partial charge < -0.3 is 5.32 Å². The van der Waals surface area contributed by atoms with Crippen LogP contribution in [0.2, 0.25) is 0 Å². The maximum atomic E-state index is 12.6. The van der Waals surface area contributed by atoms with Gasteiger partial charge in [0.2, 0.25) is 5.91 Å². The number of carbonyl (C=O) groups is 2. The highest BCUT2D eigenvalue weighted by molar-refractivity contribution is 6.02. The minimum absolute atomic E-state index is 0.0192. The molecule has 1 aromatic carbocycles. The molecule has 0 saturated carbocycles. The SMILES string of the molecule is Cc1cccc(C2CC(=O)NC3=C2C(=O)CC(C)(C)C3)c1. The second-order valence-electron chi connectivity index (χ2n) is 7.05. The molecule has 2 aliphatic rings. The van der Waals surface area contributed by atoms with Crippen LogP contribution in [0.1, 0.15) is 50.2 Å². The van der Waals surface area contributed by atoms with Crippen molar-refractivity contribution in [3.05, 3.63) is 46.7 Å². The van der Waals surface area contributed by atoms with Gasteiger partial charge in [0, 0.05) is 30.0 Å². The van der Waals surface area contributed by atoms with Crippen molar-refractivity contribution in [3.8, 4) is 0 Å². The normalized spacial score (nSPS) is 24.6. The fraction of sp³-hybridized carbons (Fsp3) is 0.444. The van der Waals surface area contributed by atoms with Crippen LogP contribution in [-0.2, 0) is 9.59 Å². The van der Waals surface area contributed by atoms with Crippen molar-refractivity contribution in [2.24, 2.45) is 5.41 Å². The van der Waals surface area contributed by atoms with E-state index in [0.717, 1.165) is 28.8 Å². The lowest BCUT2D eigenvalue weighted by molar-refractivity contribution is -0.122. The van der Waals surface area contributed by atoms with E-state index in [9.17, 15) is 9.59 Å². The van der Waals surface area contributed by atoms with Gasteiger partial charge in [-0.2, -0.15) is 0 Å². The van der Waals surface area contributed by atoms with E-state index in [1.165, 1.54) is 0 Å². The molecule has 1 amide bonds. The van der Waals surface area contributed by atoms with E-state index in [0.29, 0.717) is 12.8 Å². The number of amides is 1. The maximum Gasteiger partial charge on any atom is 0.225 e. The zero-order valence-electron chi connectivity index (χ0n) is 12.8. The average Bonchev–Trinajstić information content (AvgIpc) is 2.35. The van der Waals surface area contributed by atoms with Gasteiger partial charge in [0.15, 0.2) is 5.78 Å². The Morgan fingerprint density at radius 1 is 1.19 bits per heavy atom. The lowest BCUT2D eigenvalue weighted by Crippen LogP contribution is -2.40. The summed E-state index contributed by atoms with van der Waals surface area (Å²) in [5, 5.41) is 2.94. The van der Waals surface area contributed by atoms with Gasteiger partial charge in [-0.1, -0.05) is 43.7 Å². The van der Waals surface area contributed by atoms with Crippen LogP contribution in [0.25, 0.3) is 0 Å². The molecule has 21 heavy (non-hydrogen) atoms. The lowest BCUT2D eigenvalue weighted by atomic mass is 9.70. The van der Waals surface area contributed by atoms with E-state index in [-0.39, 0.29) is 23.0 Å². The lowest BCUT2D eigenvalue weighted by Gasteiger charge is -2.37. The molecule has 3 nitrogen and oxygen atoms in total. The van der Waals surface area contributed by atoms with Crippen LogP contribution < -0.4 is 5.32 Å². The molecule has 0 radical (unpaired) electrons. The third-order valence-electron chi connectivity index (χ3n) is 4.39. The minimum atomic E-state index is -0.0859. The Hall–Kier alpha value is -1.90. The molecule has 1 atom stereocenters. The number of aryl methyl sites for hydroxylation is 1. The van der Waals surface area contributed by atoms with Crippen LogP contribution in [0.3, 0.4) is 0 Å². The van der Waals surface area contributed by atoms with Gasteiger partial charge in [0.25, 0.3) is 0 Å². The molecule has 0 aromatic heterocycles. The Kier molecular flexibility index (Phi) is 3.23. The maximum absolute atomic E-state index is 12.6. The summed E-state index contributed by atoms with van der Waals surface area (Å²) >= 11 is 0. The summed E-state index contributed by atoms with van der Waals surface area (Å²) in [5.41, 5.74) is 3.84. The first-order chi connectivity index (χ1) is 9.85. The Bertz CT molecular complexity index is 655. The van der Waals surface area contributed by atoms with Crippen molar-refractivity contribution in [2.75, 3.05) is 0 Å². The number of hydrogen-bond donors (Lipinski definition) is 1. The molecule has 0 saturated heterocycles. The largest absolute Gasteiger partial charge is 0.329 e. The second kappa shape index (κ2) is 4.83. The van der Waals surface area contributed by atoms with Crippen molar-refractivity contribution < 1.29 is 9.59 Å². The summed E-state index contributed by atoms with van der Waals surface area (Å²) in [6.07, 6.45) is 1.70. The zero-order valence-corrected chi connectivity index (χ0v) is 12.8. The summed E-state index contributed by atoms with van der Waals surface area (Å²) in [6, 6.07) is 8.14. The number of ketones is 1. The second-order valence-corrected chi connectivity index (χ2v) is 7.05. The smallest absolute Gasteiger partial charge is 0.225 e. The van der Waals surface area contributed by atoms with Gasteiger partial charge in [-0.3, -0.25) is 9.59 Å². The summed E-state index contributed by atoms with van der Waals surface area (Å²) in [4.78, 5) is 24.7. The minimum Gasteiger partial charge on any atom is -0.329 e. The van der Waals surface area contributed by atoms with E-state index in [2.05, 4.69) is 25.2 Å². The molecule has 1 N–H and O–H groups in total. The van der Waals surface area contributed by atoms with Gasteiger partial charge in [0.1, 0.15) is 0 Å². The standard InChI is InChI=1S/C18H21NO2/c1-11-5-4-6-12(7-11)13-8-16(21)19-14-9-18(2,3)10-15(20)17(13)14/h4-7,13H,8-10H2,1-3H3,(H,19,21). The number of allylic oxidation sites excluding steroid dienone is 2. The molecule has 1 aromatic rings. The highest BCUT2D eigenvalue weighted by atomic mass is 16.2. The predicted octanol–water partition coefficient (Wildman–Crippen LogP) is 3.24. The first-order valence-electron chi connectivity index (χ1n) is 7.48. The number of carbonyl (C=O) groups excluding carboxylic acids is 2. The summed E-state index contributed by atoms with van der Waals surface area (Å²) in [6.45, 7) is 6.20. The highest BCUT2D eigenvalue weighted by Gasteiger charge is 2.40. The number of hydrogen-bond acceptors (Lipinski definition) is 2. The van der Waals surface area contributed by atoms with E-state index in [1.54, 1.807) is 0 Å². The molecule has 1 aliphatic carbocycles.